The lowest BCUT2D eigenvalue weighted by Crippen LogP contribution is -2.40. The summed E-state index contributed by atoms with van der Waals surface area (Å²) in [5.41, 5.74) is 1.54. The predicted octanol–water partition coefficient (Wildman–Crippen LogP) is 3.53. The van der Waals surface area contributed by atoms with Crippen LogP contribution in [-0.2, 0) is 4.79 Å². The molecule has 6 nitrogen and oxygen atoms in total. The number of rotatable bonds is 5. The van der Waals surface area contributed by atoms with E-state index in [0.717, 1.165) is 35.9 Å². The van der Waals surface area contributed by atoms with Gasteiger partial charge in [-0.15, -0.1) is 0 Å². The van der Waals surface area contributed by atoms with Crippen molar-refractivity contribution in [2.45, 2.75) is 52.1 Å². The van der Waals surface area contributed by atoms with Crippen LogP contribution in [0.2, 0.25) is 0 Å². The number of H-pyrrole nitrogens is 1. The Bertz CT molecular complexity index is 827. The number of carbonyl (C=O) groups is 2. The van der Waals surface area contributed by atoms with E-state index in [2.05, 4.69) is 10.3 Å². The van der Waals surface area contributed by atoms with E-state index in [-0.39, 0.29) is 11.8 Å². The van der Waals surface area contributed by atoms with Crippen molar-refractivity contribution in [1.82, 2.24) is 9.88 Å². The van der Waals surface area contributed by atoms with Gasteiger partial charge in [0, 0.05) is 36.1 Å². The van der Waals surface area contributed by atoms with Gasteiger partial charge in [-0.1, -0.05) is 6.92 Å². The number of nitrogens with one attached hydrogen (secondary N) is 2. The second-order valence-electron chi connectivity index (χ2n) is 8.14. The Balaban J connectivity index is 1.67. The summed E-state index contributed by atoms with van der Waals surface area (Å²) in [6.45, 7) is 6.92. The maximum atomic E-state index is 12.8. The van der Waals surface area contributed by atoms with Crippen molar-refractivity contribution in [2.24, 2.45) is 5.92 Å². The Labute approximate surface area is 159 Å². The molecule has 2 aromatic rings. The van der Waals surface area contributed by atoms with Crippen LogP contribution in [-0.4, -0.2) is 45.5 Å². The van der Waals surface area contributed by atoms with Gasteiger partial charge in [-0.2, -0.15) is 0 Å². The lowest BCUT2D eigenvalue weighted by Gasteiger charge is -2.34. The Hall–Kier alpha value is -2.34. The first kappa shape index (κ1) is 19.4. The minimum Gasteiger partial charge on any atom is -0.390 e. The monoisotopic (exact) mass is 371 g/mol. The molecule has 0 unspecified atom stereocenters. The third-order valence-electron chi connectivity index (χ3n) is 5.15. The summed E-state index contributed by atoms with van der Waals surface area (Å²) >= 11 is 0. The first-order chi connectivity index (χ1) is 12.7. The van der Waals surface area contributed by atoms with Crippen LogP contribution in [0.25, 0.3) is 10.9 Å². The highest BCUT2D eigenvalue weighted by Gasteiger charge is 2.28. The maximum absolute atomic E-state index is 12.8. The summed E-state index contributed by atoms with van der Waals surface area (Å²) < 4.78 is 0. The number of fused-ring (bicyclic) bond motifs is 1. The molecule has 1 aliphatic heterocycles. The van der Waals surface area contributed by atoms with Gasteiger partial charge in [-0.05, 0) is 63.3 Å². The van der Waals surface area contributed by atoms with E-state index in [1.807, 2.05) is 49.9 Å². The molecule has 0 spiro atoms. The van der Waals surface area contributed by atoms with Crippen molar-refractivity contribution in [3.05, 3.63) is 30.0 Å². The van der Waals surface area contributed by atoms with E-state index >= 15 is 0 Å². The summed E-state index contributed by atoms with van der Waals surface area (Å²) in [4.78, 5) is 29.5. The van der Waals surface area contributed by atoms with Crippen LogP contribution in [0.5, 0.6) is 0 Å². The third kappa shape index (κ3) is 4.89. The smallest absolute Gasteiger partial charge is 0.270 e. The van der Waals surface area contributed by atoms with Crippen LogP contribution in [0.3, 0.4) is 0 Å². The molecule has 1 fully saturated rings. The van der Waals surface area contributed by atoms with E-state index in [9.17, 15) is 14.7 Å². The highest BCUT2D eigenvalue weighted by atomic mass is 16.3. The standard InChI is InChI=1S/C21H29N3O3/c1-4-19(25)22-16-5-6-17-15(11-16)12-18(23-17)20(26)24-9-7-14(8-10-24)13-21(2,3)27/h5-6,11-12,14,23,27H,4,7-10,13H2,1-3H3,(H,22,25). The third-order valence-corrected chi connectivity index (χ3v) is 5.15. The van der Waals surface area contributed by atoms with Crippen molar-refractivity contribution in [3.8, 4) is 0 Å². The van der Waals surface area contributed by atoms with Gasteiger partial charge in [0.2, 0.25) is 5.91 Å². The number of aromatic nitrogens is 1. The Morgan fingerprint density at radius 1 is 1.26 bits per heavy atom. The average molecular weight is 371 g/mol. The number of hydrogen-bond donors (Lipinski definition) is 3. The zero-order chi connectivity index (χ0) is 19.6. The van der Waals surface area contributed by atoms with Crippen LogP contribution in [0, 0.1) is 5.92 Å². The molecule has 1 aromatic heterocycles. The number of hydrogen-bond acceptors (Lipinski definition) is 3. The van der Waals surface area contributed by atoms with Gasteiger partial charge in [0.15, 0.2) is 0 Å². The zero-order valence-electron chi connectivity index (χ0n) is 16.3. The molecule has 3 N–H and O–H groups in total. The molecule has 6 heteroatoms. The van der Waals surface area contributed by atoms with Crippen LogP contribution >= 0.6 is 0 Å². The molecule has 2 heterocycles. The summed E-state index contributed by atoms with van der Waals surface area (Å²) in [5.74, 6) is 0.434. The van der Waals surface area contributed by atoms with E-state index in [1.54, 1.807) is 0 Å². The number of anilines is 1. The lowest BCUT2D eigenvalue weighted by molar-refractivity contribution is -0.115. The number of aliphatic hydroxyl groups is 1. The molecular weight excluding hydrogens is 342 g/mol. The molecule has 1 aromatic carbocycles. The molecule has 0 aliphatic carbocycles. The number of aromatic amines is 1. The molecular formula is C21H29N3O3. The maximum Gasteiger partial charge on any atom is 0.270 e. The molecule has 0 radical (unpaired) electrons. The molecule has 0 bridgehead atoms. The number of carbonyl (C=O) groups excluding carboxylic acids is 2. The number of piperidine rings is 1. The van der Waals surface area contributed by atoms with Crippen LogP contribution < -0.4 is 5.32 Å². The van der Waals surface area contributed by atoms with Gasteiger partial charge in [-0.3, -0.25) is 9.59 Å². The molecule has 146 valence electrons. The van der Waals surface area contributed by atoms with Crippen LogP contribution in [0.4, 0.5) is 5.69 Å². The first-order valence-corrected chi connectivity index (χ1v) is 9.69. The van der Waals surface area contributed by atoms with Crippen LogP contribution in [0.15, 0.2) is 24.3 Å². The van der Waals surface area contributed by atoms with Crippen molar-refractivity contribution in [2.75, 3.05) is 18.4 Å². The quantitative estimate of drug-likeness (QED) is 0.751. The van der Waals surface area contributed by atoms with E-state index in [0.29, 0.717) is 31.1 Å². The fraction of sp³-hybridized carbons (Fsp3) is 0.524. The number of amides is 2. The molecule has 1 saturated heterocycles. The van der Waals surface area contributed by atoms with Gasteiger partial charge >= 0.3 is 0 Å². The molecule has 0 saturated carbocycles. The van der Waals surface area contributed by atoms with E-state index in [4.69, 9.17) is 0 Å². The van der Waals surface area contributed by atoms with Crippen molar-refractivity contribution in [1.29, 1.82) is 0 Å². The Kier molecular flexibility index (Phi) is 5.56. The van der Waals surface area contributed by atoms with Crippen molar-refractivity contribution in [3.63, 3.8) is 0 Å². The first-order valence-electron chi connectivity index (χ1n) is 9.69. The summed E-state index contributed by atoms with van der Waals surface area (Å²) in [5, 5.41) is 13.7. The van der Waals surface area contributed by atoms with Gasteiger partial charge in [0.05, 0.1) is 5.60 Å². The number of likely N-dealkylation sites (tertiary alicyclic amines) is 1. The van der Waals surface area contributed by atoms with Gasteiger partial charge in [0.1, 0.15) is 5.69 Å². The fourth-order valence-corrected chi connectivity index (χ4v) is 3.79. The number of benzene rings is 1. The lowest BCUT2D eigenvalue weighted by atomic mass is 9.86. The SMILES string of the molecule is CCC(=O)Nc1ccc2[nH]c(C(=O)N3CCC(CC(C)(C)O)CC3)cc2c1. The highest BCUT2D eigenvalue weighted by molar-refractivity contribution is 6.00. The highest BCUT2D eigenvalue weighted by Crippen LogP contribution is 2.27. The van der Waals surface area contributed by atoms with E-state index in [1.165, 1.54) is 0 Å². The number of nitrogens with zero attached hydrogens (tertiary/aromatic N) is 1. The van der Waals surface area contributed by atoms with Gasteiger partial charge in [-0.25, -0.2) is 0 Å². The molecule has 27 heavy (non-hydrogen) atoms. The van der Waals surface area contributed by atoms with Gasteiger partial charge in [0.25, 0.3) is 5.91 Å². The fourth-order valence-electron chi connectivity index (χ4n) is 3.79. The Morgan fingerprint density at radius 3 is 2.59 bits per heavy atom. The minimum atomic E-state index is -0.654. The molecule has 2 amide bonds. The normalized spacial score (nSPS) is 15.9. The second-order valence-corrected chi connectivity index (χ2v) is 8.14. The van der Waals surface area contributed by atoms with Crippen molar-refractivity contribution >= 4 is 28.4 Å². The summed E-state index contributed by atoms with van der Waals surface area (Å²) in [6, 6.07) is 7.45. The molecule has 3 rings (SSSR count). The largest absolute Gasteiger partial charge is 0.390 e. The van der Waals surface area contributed by atoms with Crippen molar-refractivity contribution < 1.29 is 14.7 Å². The molecule has 0 atom stereocenters. The van der Waals surface area contributed by atoms with E-state index < -0.39 is 5.60 Å². The van der Waals surface area contributed by atoms with Gasteiger partial charge < -0.3 is 20.3 Å². The summed E-state index contributed by atoms with van der Waals surface area (Å²) in [7, 11) is 0. The molecule has 1 aliphatic rings. The second kappa shape index (κ2) is 7.72. The minimum absolute atomic E-state index is 0.00653. The van der Waals surface area contributed by atoms with Crippen LogP contribution in [0.1, 0.15) is 56.9 Å². The summed E-state index contributed by atoms with van der Waals surface area (Å²) in [6.07, 6.45) is 3.04. The topological polar surface area (TPSA) is 85.4 Å². The zero-order valence-corrected chi connectivity index (χ0v) is 16.3. The Morgan fingerprint density at radius 2 is 1.96 bits per heavy atom. The predicted molar refractivity (Wildman–Crippen MR) is 107 cm³/mol. The average Bonchev–Trinajstić information content (AvgIpc) is 3.03.